The Morgan fingerprint density at radius 3 is 2.08 bits per heavy atom. The summed E-state index contributed by atoms with van der Waals surface area (Å²) in [4.78, 5) is 25.7. The van der Waals surface area contributed by atoms with Crippen molar-refractivity contribution in [1.29, 1.82) is 0 Å². The van der Waals surface area contributed by atoms with Crippen LogP contribution in [0.25, 0.3) is 0 Å². The molecule has 0 aliphatic rings. The molecule has 2 aromatic carbocycles. The number of nitrogens with one attached hydrogen (secondary N) is 1. The summed E-state index contributed by atoms with van der Waals surface area (Å²) >= 11 is 1.51. The maximum atomic E-state index is 12.6. The zero-order valence-corrected chi connectivity index (χ0v) is 16.6. The van der Waals surface area contributed by atoms with Crippen LogP contribution in [0.15, 0.2) is 53.4 Å². The first-order valence-electron chi connectivity index (χ1n) is 8.47. The molecule has 4 nitrogen and oxygen atoms in total. The molecule has 5 heteroatoms. The van der Waals surface area contributed by atoms with Crippen molar-refractivity contribution in [1.82, 2.24) is 0 Å². The van der Waals surface area contributed by atoms with Crippen LogP contribution in [0.5, 0.6) is 5.75 Å². The standard InChI is InChI=1S/C21H25NO3S/c1-14(26-18-12-10-17(25-5)11-13-18)19(23)15-6-8-16(9-7-15)22-20(24)21(2,3)4/h6-14H,1-5H3,(H,22,24)/t14-/m1/s1. The van der Waals surface area contributed by atoms with E-state index in [1.54, 1.807) is 31.4 Å². The molecule has 0 saturated carbocycles. The number of ketones is 1. The summed E-state index contributed by atoms with van der Waals surface area (Å²) in [7, 11) is 1.63. The minimum Gasteiger partial charge on any atom is -0.497 e. The number of rotatable bonds is 6. The van der Waals surface area contributed by atoms with Gasteiger partial charge in [0.15, 0.2) is 5.78 Å². The number of ether oxygens (including phenoxy) is 1. The van der Waals surface area contributed by atoms with E-state index in [9.17, 15) is 9.59 Å². The summed E-state index contributed by atoms with van der Waals surface area (Å²) in [5.41, 5.74) is 0.863. The van der Waals surface area contributed by atoms with Gasteiger partial charge in [-0.2, -0.15) is 0 Å². The number of Topliss-reactive ketones (excluding diaryl/α,β-unsaturated/α-hetero) is 1. The Morgan fingerprint density at radius 1 is 1.00 bits per heavy atom. The Bertz CT molecular complexity index is 761. The van der Waals surface area contributed by atoms with E-state index in [0.29, 0.717) is 11.3 Å². The molecule has 0 radical (unpaired) electrons. The fourth-order valence-corrected chi connectivity index (χ4v) is 3.13. The van der Waals surface area contributed by atoms with E-state index < -0.39 is 5.41 Å². The van der Waals surface area contributed by atoms with Gasteiger partial charge in [-0.25, -0.2) is 0 Å². The molecule has 2 aromatic rings. The van der Waals surface area contributed by atoms with Gasteiger partial charge in [-0.3, -0.25) is 9.59 Å². The highest BCUT2D eigenvalue weighted by atomic mass is 32.2. The van der Waals surface area contributed by atoms with E-state index in [1.165, 1.54) is 11.8 Å². The summed E-state index contributed by atoms with van der Waals surface area (Å²) in [5, 5.41) is 2.65. The molecule has 1 N–H and O–H groups in total. The van der Waals surface area contributed by atoms with Crippen LogP contribution in [0, 0.1) is 5.41 Å². The monoisotopic (exact) mass is 371 g/mol. The molecule has 1 amide bonds. The molecule has 0 spiro atoms. The van der Waals surface area contributed by atoms with Crippen molar-refractivity contribution in [2.45, 2.75) is 37.8 Å². The number of methoxy groups -OCH3 is 1. The molecule has 1 atom stereocenters. The van der Waals surface area contributed by atoms with Crippen molar-refractivity contribution in [3.05, 3.63) is 54.1 Å². The van der Waals surface area contributed by atoms with Crippen LogP contribution < -0.4 is 10.1 Å². The fraction of sp³-hybridized carbons (Fsp3) is 0.333. The lowest BCUT2D eigenvalue weighted by molar-refractivity contribution is -0.123. The van der Waals surface area contributed by atoms with E-state index in [1.807, 2.05) is 52.0 Å². The molecular weight excluding hydrogens is 346 g/mol. The summed E-state index contributed by atoms with van der Waals surface area (Å²) in [5.74, 6) is 0.792. The molecule has 0 fully saturated rings. The number of hydrogen-bond donors (Lipinski definition) is 1. The molecular formula is C21H25NO3S. The van der Waals surface area contributed by atoms with E-state index in [-0.39, 0.29) is 16.9 Å². The predicted octanol–water partition coefficient (Wildman–Crippen LogP) is 5.04. The number of benzene rings is 2. The number of carbonyl (C=O) groups is 2. The van der Waals surface area contributed by atoms with Crippen molar-refractivity contribution >= 4 is 29.1 Å². The lowest BCUT2D eigenvalue weighted by atomic mass is 9.95. The Morgan fingerprint density at radius 2 is 1.58 bits per heavy atom. The highest BCUT2D eigenvalue weighted by Crippen LogP contribution is 2.27. The van der Waals surface area contributed by atoms with Gasteiger partial charge in [0.1, 0.15) is 5.75 Å². The average molecular weight is 372 g/mol. The second-order valence-electron chi connectivity index (χ2n) is 7.08. The van der Waals surface area contributed by atoms with Crippen molar-refractivity contribution in [3.63, 3.8) is 0 Å². The first-order chi connectivity index (χ1) is 12.2. The first kappa shape index (κ1) is 20.0. The zero-order chi connectivity index (χ0) is 19.3. The van der Waals surface area contributed by atoms with Crippen LogP contribution in [0.4, 0.5) is 5.69 Å². The lowest BCUT2D eigenvalue weighted by Gasteiger charge is -2.18. The number of amides is 1. The Kier molecular flexibility index (Phi) is 6.48. The van der Waals surface area contributed by atoms with Gasteiger partial charge < -0.3 is 10.1 Å². The summed E-state index contributed by atoms with van der Waals surface area (Å²) < 4.78 is 5.14. The molecule has 0 aliphatic heterocycles. The van der Waals surface area contributed by atoms with Crippen molar-refractivity contribution in [2.24, 2.45) is 5.41 Å². The van der Waals surface area contributed by atoms with E-state index in [0.717, 1.165) is 10.6 Å². The summed E-state index contributed by atoms with van der Waals surface area (Å²) in [6, 6.07) is 14.7. The van der Waals surface area contributed by atoms with Crippen molar-refractivity contribution < 1.29 is 14.3 Å². The number of anilines is 1. The van der Waals surface area contributed by atoms with E-state index in [2.05, 4.69) is 5.32 Å². The molecule has 0 heterocycles. The average Bonchev–Trinajstić information content (AvgIpc) is 2.61. The smallest absolute Gasteiger partial charge is 0.229 e. The van der Waals surface area contributed by atoms with Crippen LogP contribution in [0.2, 0.25) is 0 Å². The minimum atomic E-state index is -0.460. The Balaban J connectivity index is 2.00. The highest BCUT2D eigenvalue weighted by Gasteiger charge is 2.21. The van der Waals surface area contributed by atoms with Crippen LogP contribution in [-0.4, -0.2) is 24.1 Å². The maximum absolute atomic E-state index is 12.6. The van der Waals surface area contributed by atoms with Gasteiger partial charge in [0, 0.05) is 21.6 Å². The normalized spacial score (nSPS) is 12.3. The Labute approximate surface area is 159 Å². The van der Waals surface area contributed by atoms with Crippen LogP contribution >= 0.6 is 11.8 Å². The van der Waals surface area contributed by atoms with E-state index in [4.69, 9.17) is 4.74 Å². The Hall–Kier alpha value is -2.27. The van der Waals surface area contributed by atoms with Gasteiger partial charge in [-0.05, 0) is 55.5 Å². The fourth-order valence-electron chi connectivity index (χ4n) is 2.18. The zero-order valence-electron chi connectivity index (χ0n) is 15.8. The largest absolute Gasteiger partial charge is 0.497 e. The molecule has 2 rings (SSSR count). The van der Waals surface area contributed by atoms with Gasteiger partial charge in [0.2, 0.25) is 5.91 Å². The van der Waals surface area contributed by atoms with Gasteiger partial charge in [0.05, 0.1) is 12.4 Å². The second-order valence-corrected chi connectivity index (χ2v) is 8.50. The van der Waals surface area contributed by atoms with Gasteiger partial charge in [-0.15, -0.1) is 11.8 Å². The molecule has 138 valence electrons. The second kappa shape index (κ2) is 8.41. The highest BCUT2D eigenvalue weighted by molar-refractivity contribution is 8.00. The maximum Gasteiger partial charge on any atom is 0.229 e. The minimum absolute atomic E-state index is 0.0551. The molecule has 0 aliphatic carbocycles. The van der Waals surface area contributed by atoms with Crippen LogP contribution in [-0.2, 0) is 4.79 Å². The third-order valence-corrected chi connectivity index (χ3v) is 4.96. The van der Waals surface area contributed by atoms with Crippen molar-refractivity contribution in [2.75, 3.05) is 12.4 Å². The molecule has 0 bridgehead atoms. The summed E-state index contributed by atoms with van der Waals surface area (Å²) in [6.07, 6.45) is 0. The number of hydrogen-bond acceptors (Lipinski definition) is 4. The predicted molar refractivity (Wildman–Crippen MR) is 107 cm³/mol. The lowest BCUT2D eigenvalue weighted by Crippen LogP contribution is -2.27. The van der Waals surface area contributed by atoms with Crippen LogP contribution in [0.3, 0.4) is 0 Å². The summed E-state index contributed by atoms with van der Waals surface area (Å²) in [6.45, 7) is 7.47. The number of carbonyl (C=O) groups excluding carboxylic acids is 2. The van der Waals surface area contributed by atoms with Gasteiger partial charge >= 0.3 is 0 Å². The van der Waals surface area contributed by atoms with Gasteiger partial charge in [0.25, 0.3) is 0 Å². The molecule has 0 saturated heterocycles. The topological polar surface area (TPSA) is 55.4 Å². The third kappa shape index (κ3) is 5.36. The SMILES string of the molecule is COc1ccc(S[C@H](C)C(=O)c2ccc(NC(=O)C(C)(C)C)cc2)cc1. The quantitative estimate of drug-likeness (QED) is 0.571. The van der Waals surface area contributed by atoms with Crippen LogP contribution in [0.1, 0.15) is 38.1 Å². The first-order valence-corrected chi connectivity index (χ1v) is 9.35. The van der Waals surface area contributed by atoms with Gasteiger partial charge in [-0.1, -0.05) is 20.8 Å². The van der Waals surface area contributed by atoms with E-state index >= 15 is 0 Å². The molecule has 0 unspecified atom stereocenters. The molecule has 26 heavy (non-hydrogen) atoms. The van der Waals surface area contributed by atoms with Crippen molar-refractivity contribution in [3.8, 4) is 5.75 Å². The number of thioether (sulfide) groups is 1. The third-order valence-electron chi connectivity index (χ3n) is 3.85. The molecule has 0 aromatic heterocycles.